The normalized spacial score (nSPS) is 19.0. The highest BCUT2D eigenvalue weighted by atomic mass is 14.5. The van der Waals surface area contributed by atoms with Crippen LogP contribution in [0.15, 0.2) is 53.3 Å². The zero-order chi connectivity index (χ0) is 12.5. The zero-order valence-electron chi connectivity index (χ0n) is 10.3. The lowest BCUT2D eigenvalue weighted by Crippen LogP contribution is -1.96. The Morgan fingerprint density at radius 1 is 1.65 bits per heavy atom. The second kappa shape index (κ2) is 7.52. The van der Waals surface area contributed by atoms with Gasteiger partial charge < -0.3 is 5.73 Å². The van der Waals surface area contributed by atoms with Crippen LogP contribution in [0.5, 0.6) is 0 Å². The summed E-state index contributed by atoms with van der Waals surface area (Å²) in [6.07, 6.45) is 19.6. The summed E-state index contributed by atoms with van der Waals surface area (Å²) >= 11 is 0. The van der Waals surface area contributed by atoms with E-state index >= 15 is 0 Å². The molecule has 17 heavy (non-hydrogen) atoms. The molecule has 0 amide bonds. The Kier molecular flexibility index (Phi) is 5.89. The summed E-state index contributed by atoms with van der Waals surface area (Å²) in [6, 6.07) is 0. The summed E-state index contributed by atoms with van der Waals surface area (Å²) in [5, 5.41) is 0. The molecule has 0 aromatic heterocycles. The third-order valence-corrected chi connectivity index (χ3v) is 2.53. The molecule has 0 aromatic carbocycles. The second-order valence-electron chi connectivity index (χ2n) is 4.14. The van der Waals surface area contributed by atoms with Crippen LogP contribution in [0.2, 0.25) is 0 Å². The quantitative estimate of drug-likeness (QED) is 0.444. The highest BCUT2D eigenvalue weighted by Crippen LogP contribution is 2.21. The Labute approximate surface area is 104 Å². The minimum atomic E-state index is 0.501. The van der Waals surface area contributed by atoms with Gasteiger partial charge in [-0.15, -0.1) is 12.2 Å². The van der Waals surface area contributed by atoms with E-state index in [2.05, 4.69) is 36.8 Å². The molecule has 0 bridgehead atoms. The van der Waals surface area contributed by atoms with Crippen molar-refractivity contribution in [1.82, 2.24) is 0 Å². The van der Waals surface area contributed by atoms with Gasteiger partial charge in [0.25, 0.3) is 0 Å². The van der Waals surface area contributed by atoms with Crippen LogP contribution in [0.25, 0.3) is 0 Å². The molecular formula is C16H19N. The van der Waals surface area contributed by atoms with Crippen LogP contribution < -0.4 is 5.73 Å². The summed E-state index contributed by atoms with van der Waals surface area (Å²) in [7, 11) is 0. The molecule has 1 aliphatic rings. The van der Waals surface area contributed by atoms with Crippen LogP contribution in [0, 0.1) is 18.3 Å². The molecule has 0 heterocycles. The lowest BCUT2D eigenvalue weighted by atomic mass is 9.94. The summed E-state index contributed by atoms with van der Waals surface area (Å²) in [5.41, 5.74) is 10.5. The third-order valence-electron chi connectivity index (χ3n) is 2.53. The monoisotopic (exact) mass is 225 g/mol. The molecule has 0 radical (unpaired) electrons. The fourth-order valence-corrected chi connectivity index (χ4v) is 1.70. The van der Waals surface area contributed by atoms with Crippen molar-refractivity contribution in [3.63, 3.8) is 0 Å². The molecular weight excluding hydrogens is 206 g/mol. The van der Waals surface area contributed by atoms with Crippen molar-refractivity contribution < 1.29 is 0 Å². The molecule has 1 nitrogen and oxygen atoms in total. The number of allylic oxidation sites excluding steroid dienone is 6. The molecule has 1 heteroatoms. The van der Waals surface area contributed by atoms with Crippen LogP contribution in [0.1, 0.15) is 19.8 Å². The maximum absolute atomic E-state index is 5.49. The van der Waals surface area contributed by atoms with Crippen LogP contribution in [0.3, 0.4) is 0 Å². The summed E-state index contributed by atoms with van der Waals surface area (Å²) in [5.74, 6) is 3.32. The number of rotatable bonds is 4. The average Bonchev–Trinajstić information content (AvgIpc) is 2.33. The van der Waals surface area contributed by atoms with Gasteiger partial charge in [0.1, 0.15) is 0 Å². The lowest BCUT2D eigenvalue weighted by Gasteiger charge is -2.11. The van der Waals surface area contributed by atoms with E-state index in [1.807, 2.05) is 12.2 Å². The molecule has 1 aliphatic carbocycles. The Bertz CT molecular complexity index is 435. The standard InChI is InChI=1S/C16H19N/c1-3-15(9-5-4-6-11-17)13-16-10-7-8-14(2)12-16/h1,5-7,9-10,12,14H,8,11,13,17H2,2H3/b15-9+. The van der Waals surface area contributed by atoms with Crippen molar-refractivity contribution >= 4 is 0 Å². The zero-order valence-corrected chi connectivity index (χ0v) is 10.3. The van der Waals surface area contributed by atoms with Gasteiger partial charge in [0, 0.05) is 18.5 Å². The number of nitrogens with two attached hydrogens (primary N) is 1. The molecule has 1 atom stereocenters. The molecule has 2 N–H and O–H groups in total. The molecule has 1 rings (SSSR count). The van der Waals surface area contributed by atoms with Gasteiger partial charge in [0.2, 0.25) is 0 Å². The van der Waals surface area contributed by atoms with E-state index in [-0.39, 0.29) is 0 Å². The first-order valence-corrected chi connectivity index (χ1v) is 5.90. The second-order valence-corrected chi connectivity index (χ2v) is 4.14. The van der Waals surface area contributed by atoms with Crippen molar-refractivity contribution in [3.05, 3.63) is 53.3 Å². The topological polar surface area (TPSA) is 26.0 Å². The van der Waals surface area contributed by atoms with Crippen molar-refractivity contribution in [3.8, 4) is 12.3 Å². The Balaban J connectivity index is 2.68. The molecule has 0 spiro atoms. The Morgan fingerprint density at radius 2 is 2.47 bits per heavy atom. The predicted molar refractivity (Wildman–Crippen MR) is 74.2 cm³/mol. The van der Waals surface area contributed by atoms with E-state index in [0.717, 1.165) is 18.4 Å². The Morgan fingerprint density at radius 3 is 3.12 bits per heavy atom. The van der Waals surface area contributed by atoms with E-state index in [1.54, 1.807) is 6.08 Å². The highest BCUT2D eigenvalue weighted by Gasteiger charge is 2.04. The lowest BCUT2D eigenvalue weighted by molar-refractivity contribution is 0.725. The molecule has 0 saturated carbocycles. The van der Waals surface area contributed by atoms with Crippen LogP contribution in [-0.4, -0.2) is 6.54 Å². The minimum absolute atomic E-state index is 0.501. The fourth-order valence-electron chi connectivity index (χ4n) is 1.70. The molecule has 1 unspecified atom stereocenters. The predicted octanol–water partition coefficient (Wildman–Crippen LogP) is 3.13. The minimum Gasteiger partial charge on any atom is -0.326 e. The van der Waals surface area contributed by atoms with E-state index in [4.69, 9.17) is 12.2 Å². The smallest absolute Gasteiger partial charge is 0.0182 e. The first kappa shape index (κ1) is 13.3. The van der Waals surface area contributed by atoms with Crippen molar-refractivity contribution in [2.24, 2.45) is 11.7 Å². The molecule has 0 aliphatic heterocycles. The van der Waals surface area contributed by atoms with Crippen LogP contribution in [-0.2, 0) is 0 Å². The maximum Gasteiger partial charge on any atom is 0.0182 e. The van der Waals surface area contributed by atoms with Crippen LogP contribution >= 0.6 is 0 Å². The van der Waals surface area contributed by atoms with Gasteiger partial charge in [-0.2, -0.15) is 0 Å². The van der Waals surface area contributed by atoms with Crippen molar-refractivity contribution in [1.29, 1.82) is 0 Å². The van der Waals surface area contributed by atoms with E-state index in [1.165, 1.54) is 5.57 Å². The molecule has 0 saturated heterocycles. The van der Waals surface area contributed by atoms with Gasteiger partial charge >= 0.3 is 0 Å². The van der Waals surface area contributed by atoms with Crippen molar-refractivity contribution in [2.75, 3.05) is 6.54 Å². The number of hydrogen-bond donors (Lipinski definition) is 1. The largest absolute Gasteiger partial charge is 0.326 e. The summed E-state index contributed by atoms with van der Waals surface area (Å²) < 4.78 is 0. The van der Waals surface area contributed by atoms with Gasteiger partial charge in [-0.25, -0.2) is 0 Å². The SMILES string of the molecule is C#C/C(=C\C=C=CCN)CC1=CC(C)CC=C1. The van der Waals surface area contributed by atoms with Gasteiger partial charge in [-0.1, -0.05) is 31.1 Å². The van der Waals surface area contributed by atoms with E-state index in [0.29, 0.717) is 12.5 Å². The number of terminal acetylenes is 1. The van der Waals surface area contributed by atoms with E-state index < -0.39 is 0 Å². The molecule has 88 valence electrons. The number of hydrogen-bond acceptors (Lipinski definition) is 1. The van der Waals surface area contributed by atoms with E-state index in [9.17, 15) is 0 Å². The van der Waals surface area contributed by atoms with Gasteiger partial charge in [0.15, 0.2) is 0 Å². The molecule has 0 aromatic rings. The Hall–Kier alpha value is -1.74. The summed E-state index contributed by atoms with van der Waals surface area (Å²) in [4.78, 5) is 0. The first-order valence-electron chi connectivity index (χ1n) is 5.90. The fraction of sp³-hybridized carbons (Fsp3) is 0.312. The first-order chi connectivity index (χ1) is 8.26. The average molecular weight is 225 g/mol. The summed E-state index contributed by atoms with van der Waals surface area (Å²) in [6.45, 7) is 2.72. The van der Waals surface area contributed by atoms with Crippen LogP contribution in [0.4, 0.5) is 0 Å². The highest BCUT2D eigenvalue weighted by molar-refractivity contribution is 5.37. The van der Waals surface area contributed by atoms with Crippen molar-refractivity contribution in [2.45, 2.75) is 19.8 Å². The van der Waals surface area contributed by atoms with Gasteiger partial charge in [0.05, 0.1) is 0 Å². The molecule has 0 fully saturated rings. The van der Waals surface area contributed by atoms with Gasteiger partial charge in [-0.3, -0.25) is 0 Å². The maximum atomic E-state index is 5.49. The van der Waals surface area contributed by atoms with Gasteiger partial charge in [-0.05, 0) is 36.1 Å². The third kappa shape index (κ3) is 5.22.